The predicted octanol–water partition coefficient (Wildman–Crippen LogP) is 3.88. The summed E-state index contributed by atoms with van der Waals surface area (Å²) in [6.07, 6.45) is 1.36. The van der Waals surface area contributed by atoms with Crippen LogP contribution < -0.4 is 5.43 Å². The summed E-state index contributed by atoms with van der Waals surface area (Å²) in [7, 11) is 0. The van der Waals surface area contributed by atoms with Crippen molar-refractivity contribution in [2.75, 3.05) is 0 Å². The molecule has 4 nitrogen and oxygen atoms in total. The number of amides is 1. The molecule has 2 aromatic carbocycles. The van der Waals surface area contributed by atoms with E-state index < -0.39 is 5.91 Å². The zero-order valence-corrected chi connectivity index (χ0v) is 13.4. The molecule has 2 N–H and O–H groups in total. The lowest BCUT2D eigenvalue weighted by Crippen LogP contribution is -2.18. The van der Waals surface area contributed by atoms with Crippen molar-refractivity contribution in [3.8, 4) is 5.75 Å². The van der Waals surface area contributed by atoms with Crippen LogP contribution in [0.4, 0.5) is 0 Å². The largest absolute Gasteiger partial charge is 0.507 e. The Labute approximate surface area is 135 Å². The summed E-state index contributed by atoms with van der Waals surface area (Å²) in [5, 5.41) is 13.8. The highest BCUT2D eigenvalue weighted by Gasteiger charge is 2.09. The minimum absolute atomic E-state index is 0.0737. The molecule has 2 aromatic rings. The van der Waals surface area contributed by atoms with E-state index in [-0.39, 0.29) is 5.75 Å². The first kappa shape index (κ1) is 15.5. The Morgan fingerprint density at radius 3 is 2.81 bits per heavy atom. The second-order valence-corrected chi connectivity index (χ2v) is 5.71. The number of aromatic hydroxyl groups is 1. The minimum Gasteiger partial charge on any atom is -0.507 e. The highest BCUT2D eigenvalue weighted by atomic mass is 79.9. The van der Waals surface area contributed by atoms with Crippen LogP contribution >= 0.6 is 27.5 Å². The molecular formula is C15H12BrClN2O2. The van der Waals surface area contributed by atoms with Crippen molar-refractivity contribution < 1.29 is 9.90 Å². The van der Waals surface area contributed by atoms with E-state index in [0.29, 0.717) is 16.1 Å². The highest BCUT2D eigenvalue weighted by molar-refractivity contribution is 9.10. The number of aryl methyl sites for hydroxylation is 1. The Morgan fingerprint density at radius 1 is 1.33 bits per heavy atom. The standard InChI is InChI=1S/C15H12BrClN2O2/c1-9-2-4-12(13(17)6-9)15(21)19-18-8-10-7-11(16)3-5-14(10)20/h2-8,20H,1H3,(H,19,21). The van der Waals surface area contributed by atoms with Gasteiger partial charge in [0.25, 0.3) is 5.91 Å². The molecule has 0 saturated carbocycles. The van der Waals surface area contributed by atoms with Crippen LogP contribution in [0, 0.1) is 6.92 Å². The summed E-state index contributed by atoms with van der Waals surface area (Å²) in [4.78, 5) is 11.9. The molecule has 108 valence electrons. The Bertz CT molecular complexity index is 717. The summed E-state index contributed by atoms with van der Waals surface area (Å²) in [6.45, 7) is 1.89. The Balaban J connectivity index is 2.10. The third-order valence-electron chi connectivity index (χ3n) is 2.73. The summed E-state index contributed by atoms with van der Waals surface area (Å²) < 4.78 is 0.801. The summed E-state index contributed by atoms with van der Waals surface area (Å²) in [5.41, 5.74) is 4.18. The van der Waals surface area contributed by atoms with Crippen molar-refractivity contribution in [3.05, 3.63) is 62.6 Å². The van der Waals surface area contributed by atoms with Gasteiger partial charge in [-0.25, -0.2) is 5.43 Å². The van der Waals surface area contributed by atoms with E-state index in [9.17, 15) is 9.90 Å². The third kappa shape index (κ3) is 4.06. The number of carbonyl (C=O) groups is 1. The van der Waals surface area contributed by atoms with Crippen LogP contribution in [0.5, 0.6) is 5.75 Å². The maximum absolute atomic E-state index is 11.9. The lowest BCUT2D eigenvalue weighted by atomic mass is 10.1. The van der Waals surface area contributed by atoms with E-state index in [1.165, 1.54) is 12.3 Å². The van der Waals surface area contributed by atoms with E-state index >= 15 is 0 Å². The molecule has 6 heteroatoms. The topological polar surface area (TPSA) is 61.7 Å². The Morgan fingerprint density at radius 2 is 2.10 bits per heavy atom. The van der Waals surface area contributed by atoms with Crippen molar-refractivity contribution in [1.29, 1.82) is 0 Å². The number of benzene rings is 2. The van der Waals surface area contributed by atoms with E-state index in [1.807, 2.05) is 6.92 Å². The van der Waals surface area contributed by atoms with Gasteiger partial charge in [0.05, 0.1) is 16.8 Å². The number of carbonyl (C=O) groups excluding carboxylic acids is 1. The minimum atomic E-state index is -0.411. The van der Waals surface area contributed by atoms with Crippen molar-refractivity contribution >= 4 is 39.7 Å². The molecule has 0 bridgehead atoms. The molecule has 0 aliphatic carbocycles. The average Bonchev–Trinajstić information content (AvgIpc) is 2.42. The van der Waals surface area contributed by atoms with Gasteiger partial charge in [-0.15, -0.1) is 0 Å². The fourth-order valence-corrected chi connectivity index (χ4v) is 2.35. The number of hydrogen-bond donors (Lipinski definition) is 2. The van der Waals surface area contributed by atoms with E-state index in [2.05, 4.69) is 26.5 Å². The quantitative estimate of drug-likeness (QED) is 0.639. The van der Waals surface area contributed by atoms with Gasteiger partial charge in [0, 0.05) is 10.0 Å². The molecule has 21 heavy (non-hydrogen) atoms. The number of nitrogens with zero attached hydrogens (tertiary/aromatic N) is 1. The number of phenolic OH excluding ortho intramolecular Hbond substituents is 1. The average molecular weight is 368 g/mol. The van der Waals surface area contributed by atoms with Crippen LogP contribution in [0.3, 0.4) is 0 Å². The molecular weight excluding hydrogens is 356 g/mol. The third-order valence-corrected chi connectivity index (χ3v) is 3.53. The van der Waals surface area contributed by atoms with Gasteiger partial charge in [0.15, 0.2) is 0 Å². The zero-order chi connectivity index (χ0) is 15.4. The smallest absolute Gasteiger partial charge is 0.272 e. The van der Waals surface area contributed by atoms with Gasteiger partial charge in [0.2, 0.25) is 0 Å². The molecule has 1 amide bonds. The molecule has 0 aliphatic heterocycles. The number of phenols is 1. The Hall–Kier alpha value is -1.85. The molecule has 0 aromatic heterocycles. The van der Waals surface area contributed by atoms with Crippen LogP contribution in [-0.2, 0) is 0 Å². The van der Waals surface area contributed by atoms with Gasteiger partial charge >= 0.3 is 0 Å². The van der Waals surface area contributed by atoms with E-state index in [0.717, 1.165) is 10.0 Å². The van der Waals surface area contributed by atoms with Gasteiger partial charge < -0.3 is 5.11 Å². The Kier molecular flexibility index (Phi) is 4.98. The van der Waals surface area contributed by atoms with Gasteiger partial charge in [-0.2, -0.15) is 5.10 Å². The van der Waals surface area contributed by atoms with Crippen LogP contribution in [0.25, 0.3) is 0 Å². The molecule has 2 rings (SSSR count). The number of rotatable bonds is 3. The lowest BCUT2D eigenvalue weighted by Gasteiger charge is -2.04. The van der Waals surface area contributed by atoms with Crippen LogP contribution in [0.2, 0.25) is 5.02 Å². The monoisotopic (exact) mass is 366 g/mol. The normalized spacial score (nSPS) is 10.8. The first-order valence-corrected chi connectivity index (χ1v) is 7.22. The highest BCUT2D eigenvalue weighted by Crippen LogP contribution is 2.20. The molecule has 0 atom stereocenters. The van der Waals surface area contributed by atoms with Crippen molar-refractivity contribution in [2.45, 2.75) is 6.92 Å². The first-order valence-electron chi connectivity index (χ1n) is 6.05. The molecule has 0 unspecified atom stereocenters. The molecule has 0 saturated heterocycles. The fourth-order valence-electron chi connectivity index (χ4n) is 1.65. The number of nitrogens with one attached hydrogen (secondary N) is 1. The maximum Gasteiger partial charge on any atom is 0.272 e. The van der Waals surface area contributed by atoms with Gasteiger partial charge in [-0.3, -0.25) is 4.79 Å². The second kappa shape index (κ2) is 6.74. The van der Waals surface area contributed by atoms with Gasteiger partial charge in [-0.1, -0.05) is 33.6 Å². The van der Waals surface area contributed by atoms with E-state index in [1.54, 1.807) is 30.3 Å². The predicted molar refractivity (Wildman–Crippen MR) is 87.1 cm³/mol. The summed E-state index contributed by atoms with van der Waals surface area (Å²) >= 11 is 9.30. The van der Waals surface area contributed by atoms with E-state index in [4.69, 9.17) is 11.6 Å². The zero-order valence-electron chi connectivity index (χ0n) is 11.1. The van der Waals surface area contributed by atoms with Crippen molar-refractivity contribution in [2.24, 2.45) is 5.10 Å². The van der Waals surface area contributed by atoms with Crippen molar-refractivity contribution in [1.82, 2.24) is 5.43 Å². The second-order valence-electron chi connectivity index (χ2n) is 4.39. The van der Waals surface area contributed by atoms with Crippen LogP contribution in [-0.4, -0.2) is 17.2 Å². The first-order chi connectivity index (χ1) is 9.97. The molecule has 0 fully saturated rings. The molecule has 0 radical (unpaired) electrons. The van der Waals surface area contributed by atoms with Gasteiger partial charge in [0.1, 0.15) is 5.75 Å². The number of halogens is 2. The lowest BCUT2D eigenvalue weighted by molar-refractivity contribution is 0.0955. The molecule has 0 heterocycles. The SMILES string of the molecule is Cc1ccc(C(=O)NN=Cc2cc(Br)ccc2O)c(Cl)c1. The molecule has 0 spiro atoms. The molecule has 0 aliphatic rings. The number of hydrogen-bond acceptors (Lipinski definition) is 3. The van der Waals surface area contributed by atoms with Gasteiger partial charge in [-0.05, 0) is 42.8 Å². The fraction of sp³-hybridized carbons (Fsp3) is 0.0667. The summed E-state index contributed by atoms with van der Waals surface area (Å²) in [6, 6.07) is 10.1. The van der Waals surface area contributed by atoms with Crippen LogP contribution in [0.1, 0.15) is 21.5 Å². The van der Waals surface area contributed by atoms with Crippen LogP contribution in [0.15, 0.2) is 46.0 Å². The van der Waals surface area contributed by atoms with Crippen molar-refractivity contribution in [3.63, 3.8) is 0 Å². The summed E-state index contributed by atoms with van der Waals surface area (Å²) in [5.74, 6) is -0.338. The maximum atomic E-state index is 11.9. The number of hydrazone groups is 1.